The number of hydrogen-bond donors (Lipinski definition) is 1. The van der Waals surface area contributed by atoms with Gasteiger partial charge in [0.15, 0.2) is 5.16 Å². The molecular weight excluding hydrogens is 418 g/mol. The molecule has 0 atom stereocenters. The number of hydrogen-bond acceptors (Lipinski definition) is 6. The van der Waals surface area contributed by atoms with E-state index in [0.29, 0.717) is 16.2 Å². The fourth-order valence-corrected chi connectivity index (χ4v) is 5.08. The second-order valence-corrected chi connectivity index (χ2v) is 9.21. The largest absolute Gasteiger partial charge is 0.457 e. The van der Waals surface area contributed by atoms with E-state index in [1.165, 1.54) is 16.7 Å². The average molecular weight is 436 g/mol. The zero-order valence-corrected chi connectivity index (χ0v) is 17.8. The summed E-state index contributed by atoms with van der Waals surface area (Å²) >= 11 is 2.47. The van der Waals surface area contributed by atoms with E-state index in [-0.39, 0.29) is 17.2 Å². The number of para-hydroxylation sites is 2. The molecule has 30 heavy (non-hydrogen) atoms. The molecule has 5 rings (SSSR count). The van der Waals surface area contributed by atoms with Crippen LogP contribution in [0.2, 0.25) is 0 Å². The van der Waals surface area contributed by atoms with E-state index >= 15 is 0 Å². The Kier molecular flexibility index (Phi) is 4.67. The number of imide groups is 1. The summed E-state index contributed by atoms with van der Waals surface area (Å²) in [6.45, 7) is 3.64. The third-order valence-corrected chi connectivity index (χ3v) is 6.47. The van der Waals surface area contributed by atoms with Gasteiger partial charge in [0, 0.05) is 22.4 Å². The Bertz CT molecular complexity index is 1300. The molecule has 6 nitrogen and oxygen atoms in total. The lowest BCUT2D eigenvalue weighted by Gasteiger charge is -2.16. The van der Waals surface area contributed by atoms with Crippen LogP contribution < -0.4 is 0 Å². The number of nitrogens with one attached hydrogen (secondary N) is 1. The normalized spacial score (nSPS) is 16.1. The zero-order chi connectivity index (χ0) is 20.8. The van der Waals surface area contributed by atoms with E-state index in [1.807, 2.05) is 62.4 Å². The molecule has 2 aromatic carbocycles. The minimum absolute atomic E-state index is 0.170. The molecule has 0 spiro atoms. The van der Waals surface area contributed by atoms with E-state index in [0.717, 1.165) is 38.2 Å². The lowest BCUT2D eigenvalue weighted by Crippen LogP contribution is -2.34. The molecule has 0 aliphatic carbocycles. The first-order valence-corrected chi connectivity index (χ1v) is 11.0. The summed E-state index contributed by atoms with van der Waals surface area (Å²) in [6, 6.07) is 15.5. The van der Waals surface area contributed by atoms with Gasteiger partial charge in [0.2, 0.25) is 0 Å². The molecule has 2 aromatic heterocycles. The first-order chi connectivity index (χ1) is 14.5. The number of rotatable bonds is 4. The highest BCUT2D eigenvalue weighted by Crippen LogP contribution is 2.35. The maximum Gasteiger partial charge on any atom is 0.293 e. The quantitative estimate of drug-likeness (QED) is 0.402. The van der Waals surface area contributed by atoms with Gasteiger partial charge in [0.05, 0.1) is 15.9 Å². The van der Waals surface area contributed by atoms with Crippen molar-refractivity contribution >= 4 is 62.7 Å². The van der Waals surface area contributed by atoms with Gasteiger partial charge in [-0.15, -0.1) is 0 Å². The summed E-state index contributed by atoms with van der Waals surface area (Å²) in [5.41, 5.74) is 2.64. The number of H-pyrrole nitrogens is 1. The van der Waals surface area contributed by atoms with Gasteiger partial charge < -0.3 is 9.40 Å². The number of aromatic amines is 1. The van der Waals surface area contributed by atoms with Crippen LogP contribution in [0.15, 0.2) is 67.9 Å². The maximum absolute atomic E-state index is 12.5. The minimum Gasteiger partial charge on any atom is -0.457 e. The van der Waals surface area contributed by atoms with Crippen LogP contribution >= 0.6 is 23.5 Å². The molecule has 150 valence electrons. The summed E-state index contributed by atoms with van der Waals surface area (Å²) in [5.74, 6) is 0.270. The molecular formula is C22H17N3O3S2. The maximum atomic E-state index is 12.5. The predicted octanol–water partition coefficient (Wildman–Crippen LogP) is 5.91. The summed E-state index contributed by atoms with van der Waals surface area (Å²) in [4.78, 5) is 35.1. The molecule has 2 amide bonds. The second kappa shape index (κ2) is 7.37. The van der Waals surface area contributed by atoms with Gasteiger partial charge in [-0.1, -0.05) is 23.9 Å². The lowest BCUT2D eigenvalue weighted by molar-refractivity contribution is -0.123. The fraction of sp³-hybridized carbons (Fsp3) is 0.136. The number of nitrogens with zero attached hydrogens (tertiary/aromatic N) is 2. The van der Waals surface area contributed by atoms with E-state index in [2.05, 4.69) is 9.97 Å². The third-order valence-electron chi connectivity index (χ3n) is 4.71. The third kappa shape index (κ3) is 3.42. The smallest absolute Gasteiger partial charge is 0.293 e. The van der Waals surface area contributed by atoms with Crippen molar-refractivity contribution in [1.82, 2.24) is 14.9 Å². The molecule has 1 fully saturated rings. The van der Waals surface area contributed by atoms with E-state index in [9.17, 15) is 9.59 Å². The highest BCUT2D eigenvalue weighted by atomic mass is 32.2. The molecule has 1 N–H and O–H groups in total. The highest BCUT2D eigenvalue weighted by molar-refractivity contribution is 8.18. The van der Waals surface area contributed by atoms with Crippen molar-refractivity contribution in [2.45, 2.75) is 29.9 Å². The van der Waals surface area contributed by atoms with Crippen LogP contribution in [-0.2, 0) is 4.79 Å². The first kappa shape index (κ1) is 19.0. The van der Waals surface area contributed by atoms with Crippen molar-refractivity contribution in [2.24, 2.45) is 0 Å². The van der Waals surface area contributed by atoms with Crippen molar-refractivity contribution in [2.75, 3.05) is 0 Å². The molecule has 0 unspecified atom stereocenters. The summed E-state index contributed by atoms with van der Waals surface area (Å²) in [5, 5.41) is 1.49. The molecule has 0 bridgehead atoms. The fourth-order valence-electron chi connectivity index (χ4n) is 3.31. The van der Waals surface area contributed by atoms with Crippen LogP contribution in [0.25, 0.3) is 28.1 Å². The number of furan rings is 1. The van der Waals surface area contributed by atoms with Crippen LogP contribution in [0.1, 0.15) is 19.6 Å². The lowest BCUT2D eigenvalue weighted by atomic mass is 10.2. The van der Waals surface area contributed by atoms with E-state index < -0.39 is 0 Å². The molecule has 0 saturated carbocycles. The number of amides is 2. The molecule has 8 heteroatoms. The Morgan fingerprint density at radius 1 is 1.17 bits per heavy atom. The summed E-state index contributed by atoms with van der Waals surface area (Å²) < 4.78 is 5.93. The number of aromatic nitrogens is 2. The monoisotopic (exact) mass is 435 g/mol. The van der Waals surface area contributed by atoms with Gasteiger partial charge in [-0.25, -0.2) is 4.98 Å². The molecule has 0 radical (unpaired) electrons. The second-order valence-electron chi connectivity index (χ2n) is 7.16. The average Bonchev–Trinajstić information content (AvgIpc) is 3.36. The van der Waals surface area contributed by atoms with Gasteiger partial charge in [-0.3, -0.25) is 14.5 Å². The number of benzene rings is 2. The Morgan fingerprint density at radius 3 is 2.77 bits per heavy atom. The van der Waals surface area contributed by atoms with E-state index in [4.69, 9.17) is 4.42 Å². The topological polar surface area (TPSA) is 79.2 Å². The Balaban J connectivity index is 1.41. The molecule has 1 aliphatic rings. The molecule has 1 aliphatic heterocycles. The van der Waals surface area contributed by atoms with Crippen molar-refractivity contribution < 1.29 is 14.0 Å². The van der Waals surface area contributed by atoms with Gasteiger partial charge in [0.1, 0.15) is 11.3 Å². The molecule has 3 heterocycles. The van der Waals surface area contributed by atoms with Crippen LogP contribution in [0.3, 0.4) is 0 Å². The van der Waals surface area contributed by atoms with Crippen LogP contribution in [0.5, 0.6) is 0 Å². The van der Waals surface area contributed by atoms with Crippen LogP contribution in [-0.4, -0.2) is 32.1 Å². The standard InChI is InChI=1S/C22H17N3O3S2/c1-12(2)25-20(26)19(30-22(25)27)10-14-9-13-7-8-15(11-18(13)28-14)29-21-23-16-5-3-4-6-17(16)24-21/h3-12H,1-2H3,(H,23,24). The van der Waals surface area contributed by atoms with Crippen molar-refractivity contribution in [3.63, 3.8) is 0 Å². The van der Waals surface area contributed by atoms with Crippen LogP contribution in [0, 0.1) is 0 Å². The molecule has 1 saturated heterocycles. The van der Waals surface area contributed by atoms with Crippen molar-refractivity contribution in [1.29, 1.82) is 0 Å². The van der Waals surface area contributed by atoms with E-state index in [1.54, 1.807) is 6.08 Å². The molecule has 4 aromatic rings. The number of carbonyl (C=O) groups is 2. The summed E-state index contributed by atoms with van der Waals surface area (Å²) in [6.07, 6.45) is 1.64. The van der Waals surface area contributed by atoms with Crippen LogP contribution in [0.4, 0.5) is 4.79 Å². The number of imidazole rings is 1. The van der Waals surface area contributed by atoms with Gasteiger partial charge in [-0.2, -0.15) is 0 Å². The van der Waals surface area contributed by atoms with Crippen molar-refractivity contribution in [3.05, 3.63) is 59.2 Å². The van der Waals surface area contributed by atoms with Gasteiger partial charge >= 0.3 is 0 Å². The Labute approximate surface area is 180 Å². The highest BCUT2D eigenvalue weighted by Gasteiger charge is 2.36. The summed E-state index contributed by atoms with van der Waals surface area (Å²) in [7, 11) is 0. The Morgan fingerprint density at radius 2 is 2.00 bits per heavy atom. The Hall–Kier alpha value is -2.97. The van der Waals surface area contributed by atoms with Crippen molar-refractivity contribution in [3.8, 4) is 0 Å². The zero-order valence-electron chi connectivity index (χ0n) is 16.2. The predicted molar refractivity (Wildman–Crippen MR) is 119 cm³/mol. The van der Waals surface area contributed by atoms with Gasteiger partial charge in [0.25, 0.3) is 11.1 Å². The minimum atomic E-state index is -0.276. The number of thioether (sulfide) groups is 1. The van der Waals surface area contributed by atoms with Gasteiger partial charge in [-0.05, 0) is 62.0 Å². The number of carbonyl (C=O) groups excluding carboxylic acids is 2. The first-order valence-electron chi connectivity index (χ1n) is 9.41. The number of fused-ring (bicyclic) bond motifs is 2. The SMILES string of the molecule is CC(C)N1C(=O)SC(=Cc2cc3ccc(Sc4nc5ccccc5[nH]4)cc3o2)C1=O.